The van der Waals surface area contributed by atoms with Crippen LogP contribution in [0.4, 0.5) is 4.39 Å². The van der Waals surface area contributed by atoms with E-state index in [1.807, 2.05) is 0 Å². The molecule has 0 aromatic heterocycles. The minimum atomic E-state index is -2.67. The number of hydrogen-bond donors (Lipinski definition) is 6. The van der Waals surface area contributed by atoms with E-state index in [2.05, 4.69) is 5.32 Å². The highest BCUT2D eigenvalue weighted by Gasteiger charge is 2.64. The molecule has 218 valence electrons. The van der Waals surface area contributed by atoms with Crippen molar-refractivity contribution in [2.75, 3.05) is 14.1 Å². The SMILES string of the molecule is C.CN(C)[C@H]1C(=O)C(C(N)=O)=C(O)[C@@]2(O)C(=O)C3=C(O)c4c(O)ccc(CNCc5ccc(F)cc5)c4C[C@H]3C[C@@H]12. The number of phenols is 1. The van der Waals surface area contributed by atoms with Gasteiger partial charge < -0.3 is 31.5 Å². The van der Waals surface area contributed by atoms with E-state index in [0.29, 0.717) is 18.7 Å². The number of nitrogens with one attached hydrogen (secondary N) is 1. The van der Waals surface area contributed by atoms with Crippen LogP contribution in [0.2, 0.25) is 0 Å². The number of primary amides is 1. The Balaban J connectivity index is 0.00000387. The minimum Gasteiger partial charge on any atom is -0.508 e. The number of hydrogen-bond acceptors (Lipinski definition) is 9. The first-order chi connectivity index (χ1) is 18.9. The predicted octanol–water partition coefficient (Wildman–Crippen LogP) is 2.03. The van der Waals surface area contributed by atoms with E-state index in [4.69, 9.17) is 5.73 Å². The number of halogens is 1. The van der Waals surface area contributed by atoms with Crippen molar-refractivity contribution in [3.8, 4) is 5.75 Å². The van der Waals surface area contributed by atoms with E-state index in [0.717, 1.165) is 11.1 Å². The van der Waals surface area contributed by atoms with Crippen LogP contribution in [0.25, 0.3) is 5.76 Å². The van der Waals surface area contributed by atoms with Crippen LogP contribution in [0.15, 0.2) is 53.3 Å². The maximum Gasteiger partial charge on any atom is 0.255 e. The molecule has 0 heterocycles. The fourth-order valence-corrected chi connectivity index (χ4v) is 6.42. The number of Topliss-reactive ketones (excluding diaryl/α,β-unsaturated/α-hetero) is 2. The fraction of sp³-hybridized carbons (Fsp3) is 0.367. The highest BCUT2D eigenvalue weighted by molar-refractivity contribution is 6.24. The summed E-state index contributed by atoms with van der Waals surface area (Å²) < 4.78 is 13.2. The average Bonchev–Trinajstić information content (AvgIpc) is 2.88. The molecule has 7 N–H and O–H groups in total. The van der Waals surface area contributed by atoms with Gasteiger partial charge in [-0.3, -0.25) is 19.3 Å². The standard InChI is InChI=1S/C29H30FN3O7.CH4/c1-33(2)23-18-10-15-9-17-14(12-32-11-13-3-6-16(30)7-4-13)5-8-19(34)21(17)24(35)20(15)26(37)29(18,40)27(38)22(25(23)36)28(31)39;/h3-8,15,18,23,32,34-35,38,40H,9-12H2,1-2H3,(H2,31,39);1H4/t15-,18-,23+,29-;/m0./s1. The van der Waals surface area contributed by atoms with E-state index in [-0.39, 0.29) is 43.0 Å². The number of nitrogens with two attached hydrogens (primary N) is 1. The molecule has 1 fully saturated rings. The third-order valence-corrected chi connectivity index (χ3v) is 8.26. The first-order valence-corrected chi connectivity index (χ1v) is 12.8. The number of ketones is 2. The molecular formula is C30H34FN3O7. The summed E-state index contributed by atoms with van der Waals surface area (Å²) in [4.78, 5) is 40.6. The molecule has 0 saturated heterocycles. The molecule has 0 spiro atoms. The third-order valence-electron chi connectivity index (χ3n) is 8.26. The van der Waals surface area contributed by atoms with Crippen molar-refractivity contribution in [1.29, 1.82) is 0 Å². The van der Waals surface area contributed by atoms with Crippen molar-refractivity contribution in [3.05, 3.63) is 81.4 Å². The summed E-state index contributed by atoms with van der Waals surface area (Å²) in [6, 6.07) is 7.99. The summed E-state index contributed by atoms with van der Waals surface area (Å²) in [5.74, 6) is -7.18. The Bertz CT molecular complexity index is 1500. The second kappa shape index (κ2) is 10.7. The van der Waals surface area contributed by atoms with Crippen molar-refractivity contribution in [2.45, 2.75) is 45.0 Å². The van der Waals surface area contributed by atoms with Gasteiger partial charge in [0, 0.05) is 24.6 Å². The first-order valence-electron chi connectivity index (χ1n) is 12.8. The topological polar surface area (TPSA) is 173 Å². The fourth-order valence-electron chi connectivity index (χ4n) is 6.42. The van der Waals surface area contributed by atoms with Gasteiger partial charge >= 0.3 is 0 Å². The number of aliphatic hydroxyl groups excluding tert-OH is 2. The average molecular weight is 568 g/mol. The smallest absolute Gasteiger partial charge is 0.255 e. The number of rotatable bonds is 6. The van der Waals surface area contributed by atoms with Gasteiger partial charge in [-0.25, -0.2) is 4.39 Å². The van der Waals surface area contributed by atoms with Crippen LogP contribution in [-0.4, -0.2) is 68.5 Å². The van der Waals surface area contributed by atoms with E-state index < -0.39 is 58.0 Å². The van der Waals surface area contributed by atoms with Gasteiger partial charge in [-0.15, -0.1) is 0 Å². The lowest BCUT2D eigenvalue weighted by molar-refractivity contribution is -0.153. The van der Waals surface area contributed by atoms with Gasteiger partial charge in [0.25, 0.3) is 5.91 Å². The number of aliphatic hydroxyl groups is 3. The van der Waals surface area contributed by atoms with E-state index >= 15 is 0 Å². The van der Waals surface area contributed by atoms with Crippen LogP contribution >= 0.6 is 0 Å². The second-order valence-corrected chi connectivity index (χ2v) is 10.8. The number of likely N-dealkylation sites (N-methyl/N-ethyl adjacent to an activating group) is 1. The summed E-state index contributed by atoms with van der Waals surface area (Å²) in [6.07, 6.45) is 0.223. The van der Waals surface area contributed by atoms with Gasteiger partial charge in [-0.1, -0.05) is 25.6 Å². The van der Waals surface area contributed by atoms with Crippen molar-refractivity contribution in [1.82, 2.24) is 10.2 Å². The number of nitrogens with zero attached hydrogens (tertiary/aromatic N) is 1. The number of carbonyl (C=O) groups is 3. The zero-order valence-corrected chi connectivity index (χ0v) is 21.9. The Morgan fingerprint density at radius 2 is 1.76 bits per heavy atom. The molecule has 2 aromatic carbocycles. The third kappa shape index (κ3) is 4.59. The van der Waals surface area contributed by atoms with Gasteiger partial charge in [0.2, 0.25) is 5.78 Å². The van der Waals surface area contributed by atoms with E-state index in [1.54, 1.807) is 32.3 Å². The van der Waals surface area contributed by atoms with Crippen LogP contribution in [0.5, 0.6) is 5.75 Å². The van der Waals surface area contributed by atoms with Gasteiger partial charge in [0.1, 0.15) is 28.7 Å². The molecule has 0 aliphatic heterocycles. The molecule has 10 nitrogen and oxygen atoms in total. The number of benzene rings is 2. The lowest BCUT2D eigenvalue weighted by atomic mass is 9.57. The molecule has 4 atom stereocenters. The van der Waals surface area contributed by atoms with Gasteiger partial charge in [-0.05, 0) is 67.7 Å². The van der Waals surface area contributed by atoms with Crippen molar-refractivity contribution in [2.24, 2.45) is 17.6 Å². The normalized spacial score (nSPS) is 25.4. The molecular weight excluding hydrogens is 533 g/mol. The quantitative estimate of drug-likeness (QED) is 0.286. The highest BCUT2D eigenvalue weighted by Crippen LogP contribution is 2.52. The van der Waals surface area contributed by atoms with Crippen LogP contribution in [0.3, 0.4) is 0 Å². The number of fused-ring (bicyclic) bond motifs is 3. The lowest BCUT2D eigenvalue weighted by Gasteiger charge is -2.50. The van der Waals surface area contributed by atoms with Crippen LogP contribution < -0.4 is 11.1 Å². The molecule has 2 aromatic rings. The zero-order valence-electron chi connectivity index (χ0n) is 21.9. The minimum absolute atomic E-state index is 0. The lowest BCUT2D eigenvalue weighted by Crippen LogP contribution is -2.65. The number of carbonyl (C=O) groups excluding carboxylic acids is 3. The summed E-state index contributed by atoms with van der Waals surface area (Å²) >= 11 is 0. The molecule has 41 heavy (non-hydrogen) atoms. The van der Waals surface area contributed by atoms with E-state index in [1.165, 1.54) is 23.1 Å². The molecule has 11 heteroatoms. The Kier molecular flexibility index (Phi) is 7.83. The van der Waals surface area contributed by atoms with Gasteiger partial charge in [0.15, 0.2) is 11.4 Å². The number of aromatic hydroxyl groups is 1. The van der Waals surface area contributed by atoms with Crippen molar-refractivity contribution >= 4 is 23.2 Å². The Labute approximate surface area is 236 Å². The summed E-state index contributed by atoms with van der Waals surface area (Å²) in [7, 11) is 3.10. The monoisotopic (exact) mass is 567 g/mol. The van der Waals surface area contributed by atoms with Crippen LogP contribution in [0, 0.1) is 17.7 Å². The summed E-state index contributed by atoms with van der Waals surface area (Å²) in [5.41, 5.74) is 3.87. The van der Waals surface area contributed by atoms with E-state index in [9.17, 15) is 39.2 Å². The molecule has 5 rings (SSSR count). The number of phenolic OH excluding ortho intramolecular Hbond substituents is 1. The van der Waals surface area contributed by atoms with Crippen molar-refractivity contribution < 1.29 is 39.2 Å². The number of amides is 1. The van der Waals surface area contributed by atoms with Crippen LogP contribution in [0.1, 0.15) is 36.1 Å². The molecule has 0 bridgehead atoms. The largest absolute Gasteiger partial charge is 0.508 e. The van der Waals surface area contributed by atoms with Crippen LogP contribution in [-0.2, 0) is 33.9 Å². The Morgan fingerprint density at radius 3 is 2.37 bits per heavy atom. The Morgan fingerprint density at radius 1 is 1.10 bits per heavy atom. The maximum absolute atomic E-state index is 13.9. The Hall–Kier alpha value is -4.06. The van der Waals surface area contributed by atoms with Gasteiger partial charge in [0.05, 0.1) is 11.6 Å². The second-order valence-electron chi connectivity index (χ2n) is 10.8. The molecule has 3 aliphatic rings. The molecule has 0 unspecified atom stereocenters. The van der Waals surface area contributed by atoms with Crippen molar-refractivity contribution in [3.63, 3.8) is 0 Å². The first kappa shape index (κ1) is 29.9. The molecule has 0 radical (unpaired) electrons. The zero-order chi connectivity index (χ0) is 29.1. The van der Waals surface area contributed by atoms with Gasteiger partial charge in [-0.2, -0.15) is 0 Å². The summed E-state index contributed by atoms with van der Waals surface area (Å²) in [5, 5.41) is 47.8. The molecule has 1 saturated carbocycles. The molecule has 3 aliphatic carbocycles. The maximum atomic E-state index is 13.9. The highest BCUT2D eigenvalue weighted by atomic mass is 19.1. The predicted molar refractivity (Wildman–Crippen MR) is 148 cm³/mol. The molecule has 1 amide bonds. The summed E-state index contributed by atoms with van der Waals surface area (Å²) in [6.45, 7) is 0.765.